The summed E-state index contributed by atoms with van der Waals surface area (Å²) in [6.07, 6.45) is 5.69. The van der Waals surface area contributed by atoms with E-state index in [0.717, 1.165) is 19.3 Å². The molecule has 178 valence electrons. The summed E-state index contributed by atoms with van der Waals surface area (Å²) < 4.78 is 5.81. The molecule has 5 atom stereocenters. The molecule has 0 aromatic heterocycles. The molecule has 0 radical (unpaired) electrons. The topological polar surface area (TPSA) is 58.6 Å². The van der Waals surface area contributed by atoms with Crippen molar-refractivity contribution in [2.24, 2.45) is 11.8 Å². The minimum Gasteiger partial charge on any atom is -0.459 e. The van der Waals surface area contributed by atoms with Gasteiger partial charge in [-0.1, -0.05) is 49.8 Å². The molecule has 0 bridgehead atoms. The molecule has 1 heterocycles. The third-order valence-corrected chi connectivity index (χ3v) is 6.35. The van der Waals surface area contributed by atoms with Crippen molar-refractivity contribution in [3.05, 3.63) is 48.6 Å². The van der Waals surface area contributed by atoms with Gasteiger partial charge in [0.2, 0.25) is 5.91 Å². The lowest BCUT2D eigenvalue weighted by Gasteiger charge is -2.35. The van der Waals surface area contributed by atoms with E-state index in [4.69, 9.17) is 4.74 Å². The molecule has 1 fully saturated rings. The molecule has 0 aliphatic carbocycles. The maximum atomic E-state index is 13.2. The van der Waals surface area contributed by atoms with Crippen molar-refractivity contribution in [1.29, 1.82) is 0 Å². The number of ether oxygens (including phenoxy) is 1. The van der Waals surface area contributed by atoms with Crippen molar-refractivity contribution in [2.75, 3.05) is 0 Å². The molecular formula is C27H42N2O3. The largest absolute Gasteiger partial charge is 0.459 e. The zero-order chi connectivity index (χ0) is 23.9. The van der Waals surface area contributed by atoms with E-state index in [-0.39, 0.29) is 35.9 Å². The number of esters is 1. The average Bonchev–Trinajstić information content (AvgIpc) is 3.04. The molecule has 1 amide bonds. The first-order valence-corrected chi connectivity index (χ1v) is 12.0. The Bertz CT molecular complexity index is 756. The van der Waals surface area contributed by atoms with Gasteiger partial charge in [-0.3, -0.25) is 14.5 Å². The molecule has 2 unspecified atom stereocenters. The highest BCUT2D eigenvalue weighted by atomic mass is 16.6. The summed E-state index contributed by atoms with van der Waals surface area (Å²) in [6, 6.07) is 10.2. The van der Waals surface area contributed by atoms with Crippen molar-refractivity contribution in [3.63, 3.8) is 0 Å². The van der Waals surface area contributed by atoms with Gasteiger partial charge in [0.15, 0.2) is 0 Å². The maximum absolute atomic E-state index is 13.2. The maximum Gasteiger partial charge on any atom is 0.323 e. The molecular weight excluding hydrogens is 400 g/mol. The smallest absolute Gasteiger partial charge is 0.323 e. The first kappa shape index (κ1) is 26.1. The lowest BCUT2D eigenvalue weighted by Crippen LogP contribution is -2.46. The van der Waals surface area contributed by atoms with Crippen LogP contribution in [0.1, 0.15) is 72.8 Å². The second kappa shape index (κ2) is 11.6. The second-order valence-corrected chi connectivity index (χ2v) is 10.2. The van der Waals surface area contributed by atoms with Gasteiger partial charge in [0, 0.05) is 25.6 Å². The molecule has 1 aliphatic heterocycles. The number of hydrogen-bond acceptors (Lipinski definition) is 4. The predicted molar refractivity (Wildman–Crippen MR) is 130 cm³/mol. The summed E-state index contributed by atoms with van der Waals surface area (Å²) >= 11 is 0. The van der Waals surface area contributed by atoms with Crippen LogP contribution >= 0.6 is 0 Å². The summed E-state index contributed by atoms with van der Waals surface area (Å²) in [7, 11) is 0. The number of hydrogen-bond donors (Lipinski definition) is 1. The van der Waals surface area contributed by atoms with E-state index >= 15 is 0 Å². The minimum absolute atomic E-state index is 0.00179. The number of carbonyl (C=O) groups is 2. The number of amides is 1. The molecule has 1 aliphatic rings. The molecule has 32 heavy (non-hydrogen) atoms. The van der Waals surface area contributed by atoms with Crippen molar-refractivity contribution >= 4 is 11.9 Å². The standard InChI is InChI=1S/C27H42N2O3/c1-8-13-23(19(3)28-20(4)30)17-24-22(9-2)16-25(26(31)32-27(5,6)7)29(24)18-21-14-11-10-12-15-21/h9-12,14-15,19,22-25H,2,8,13,16-18H2,1,3-7H3,(H,28,30)/t19?,22-,23?,24-,25-/m1/s1. The van der Waals surface area contributed by atoms with Gasteiger partial charge in [0.1, 0.15) is 11.6 Å². The summed E-state index contributed by atoms with van der Waals surface area (Å²) in [5.41, 5.74) is 0.653. The van der Waals surface area contributed by atoms with Crippen LogP contribution in [0.2, 0.25) is 0 Å². The molecule has 2 rings (SSSR count). The Morgan fingerprint density at radius 2 is 1.94 bits per heavy atom. The van der Waals surface area contributed by atoms with Crippen molar-refractivity contribution in [3.8, 4) is 0 Å². The Morgan fingerprint density at radius 3 is 2.47 bits per heavy atom. The van der Waals surface area contributed by atoms with E-state index in [1.807, 2.05) is 45.0 Å². The first-order chi connectivity index (χ1) is 15.1. The molecule has 5 heteroatoms. The first-order valence-electron chi connectivity index (χ1n) is 12.0. The Labute approximate surface area is 194 Å². The molecule has 1 aromatic carbocycles. The lowest BCUT2D eigenvalue weighted by atomic mass is 9.84. The van der Waals surface area contributed by atoms with Gasteiger partial charge < -0.3 is 10.1 Å². The Hall–Kier alpha value is -2.14. The molecule has 0 saturated carbocycles. The Kier molecular flexibility index (Phi) is 9.50. The van der Waals surface area contributed by atoms with Gasteiger partial charge in [-0.15, -0.1) is 6.58 Å². The SMILES string of the molecule is C=C[C@@H]1C[C@H](C(=O)OC(C)(C)C)N(Cc2ccccc2)[C@@H]1CC(CCC)C(C)NC(C)=O. The zero-order valence-electron chi connectivity index (χ0n) is 20.8. The van der Waals surface area contributed by atoms with Crippen LogP contribution < -0.4 is 5.32 Å². The van der Waals surface area contributed by atoms with Gasteiger partial charge in [-0.25, -0.2) is 0 Å². The van der Waals surface area contributed by atoms with E-state index in [1.165, 1.54) is 5.56 Å². The number of likely N-dealkylation sites (tertiary alicyclic amines) is 1. The fourth-order valence-electron chi connectivity index (χ4n) is 4.91. The second-order valence-electron chi connectivity index (χ2n) is 10.2. The Balaban J connectivity index is 2.35. The fraction of sp³-hybridized carbons (Fsp3) is 0.630. The number of nitrogens with one attached hydrogen (secondary N) is 1. The summed E-state index contributed by atoms with van der Waals surface area (Å²) in [6.45, 7) is 16.4. The molecule has 1 N–H and O–H groups in total. The molecule has 5 nitrogen and oxygen atoms in total. The molecule has 0 spiro atoms. The van der Waals surface area contributed by atoms with Crippen LogP contribution in [0.3, 0.4) is 0 Å². The van der Waals surface area contributed by atoms with E-state index in [0.29, 0.717) is 18.9 Å². The number of carbonyl (C=O) groups excluding carboxylic acids is 2. The predicted octanol–water partition coefficient (Wildman–Crippen LogP) is 5.10. The van der Waals surface area contributed by atoms with Gasteiger partial charge >= 0.3 is 5.97 Å². The van der Waals surface area contributed by atoms with E-state index in [2.05, 4.69) is 42.8 Å². The quantitative estimate of drug-likeness (QED) is 0.404. The van der Waals surface area contributed by atoms with Crippen LogP contribution in [-0.2, 0) is 20.9 Å². The van der Waals surface area contributed by atoms with Crippen molar-refractivity contribution < 1.29 is 14.3 Å². The summed E-state index contributed by atoms with van der Waals surface area (Å²) in [5, 5.41) is 3.09. The van der Waals surface area contributed by atoms with Crippen LogP contribution in [0, 0.1) is 11.8 Å². The molecule has 1 aromatic rings. The number of rotatable bonds is 10. The van der Waals surface area contributed by atoms with Gasteiger partial charge in [0.05, 0.1) is 0 Å². The summed E-state index contributed by atoms with van der Waals surface area (Å²) in [5.74, 6) is 0.356. The highest BCUT2D eigenvalue weighted by Crippen LogP contribution is 2.38. The monoisotopic (exact) mass is 442 g/mol. The minimum atomic E-state index is -0.526. The van der Waals surface area contributed by atoms with E-state index in [1.54, 1.807) is 6.92 Å². The Morgan fingerprint density at radius 1 is 1.28 bits per heavy atom. The fourth-order valence-corrected chi connectivity index (χ4v) is 4.91. The normalized spacial score (nSPS) is 23.4. The van der Waals surface area contributed by atoms with Gasteiger partial charge in [-0.2, -0.15) is 0 Å². The van der Waals surface area contributed by atoms with Gasteiger partial charge in [0.25, 0.3) is 0 Å². The van der Waals surface area contributed by atoms with Crippen LogP contribution in [0.25, 0.3) is 0 Å². The van der Waals surface area contributed by atoms with Crippen LogP contribution in [-0.4, -0.2) is 40.5 Å². The number of benzene rings is 1. The van der Waals surface area contributed by atoms with Gasteiger partial charge in [-0.05, 0) is 64.4 Å². The summed E-state index contributed by atoms with van der Waals surface area (Å²) in [4.78, 5) is 27.2. The zero-order valence-corrected chi connectivity index (χ0v) is 20.8. The van der Waals surface area contributed by atoms with Crippen LogP contribution in [0.4, 0.5) is 0 Å². The average molecular weight is 443 g/mol. The third kappa shape index (κ3) is 7.47. The van der Waals surface area contributed by atoms with Crippen LogP contribution in [0.5, 0.6) is 0 Å². The highest BCUT2D eigenvalue weighted by molar-refractivity contribution is 5.77. The number of nitrogens with zero attached hydrogens (tertiary/aromatic N) is 1. The van der Waals surface area contributed by atoms with E-state index in [9.17, 15) is 9.59 Å². The van der Waals surface area contributed by atoms with Crippen molar-refractivity contribution in [1.82, 2.24) is 10.2 Å². The highest BCUT2D eigenvalue weighted by Gasteiger charge is 2.45. The third-order valence-electron chi connectivity index (χ3n) is 6.35. The van der Waals surface area contributed by atoms with Crippen molar-refractivity contribution in [2.45, 2.75) is 97.5 Å². The molecule has 1 saturated heterocycles. The lowest BCUT2D eigenvalue weighted by molar-refractivity contribution is -0.161. The van der Waals surface area contributed by atoms with Crippen LogP contribution in [0.15, 0.2) is 43.0 Å². The van der Waals surface area contributed by atoms with E-state index < -0.39 is 5.60 Å².